The average Bonchev–Trinajstić information content (AvgIpc) is 2.49. The van der Waals surface area contributed by atoms with Gasteiger partial charge in [-0.2, -0.15) is 0 Å². The van der Waals surface area contributed by atoms with Gasteiger partial charge in [0.05, 0.1) is 0 Å². The standard InChI is InChI=1S/C12H30O6SSi2/c1-7-16-20(17-8-2,18-9-3)12-10-11-19-21(13-4,14-5)15-6/h7-12H2,1-6H3. The minimum atomic E-state index is -2.56. The van der Waals surface area contributed by atoms with E-state index in [1.54, 1.807) is 32.5 Å². The Morgan fingerprint density at radius 2 is 1.19 bits per heavy atom. The SMILES string of the molecule is CCO[Si](CCCS[Si](OC)(OC)OC)(OCC)OCC. The van der Waals surface area contributed by atoms with Gasteiger partial charge in [-0.15, -0.1) is 0 Å². The van der Waals surface area contributed by atoms with E-state index >= 15 is 0 Å². The van der Waals surface area contributed by atoms with Crippen molar-refractivity contribution in [2.45, 2.75) is 33.2 Å². The summed E-state index contributed by atoms with van der Waals surface area (Å²) in [6.45, 7) is 7.71. The zero-order chi connectivity index (χ0) is 16.2. The molecule has 0 saturated heterocycles. The van der Waals surface area contributed by atoms with Crippen LogP contribution in [0.2, 0.25) is 6.04 Å². The summed E-state index contributed by atoms with van der Waals surface area (Å²) in [7, 11) is -0.252. The van der Waals surface area contributed by atoms with Gasteiger partial charge in [-0.1, -0.05) is 11.2 Å². The highest BCUT2D eigenvalue weighted by atomic mass is 32.4. The van der Waals surface area contributed by atoms with E-state index in [-0.39, 0.29) is 0 Å². The van der Waals surface area contributed by atoms with Crippen LogP contribution in [0.15, 0.2) is 0 Å². The smallest absolute Gasteiger partial charge is 0.374 e. The van der Waals surface area contributed by atoms with Gasteiger partial charge in [0, 0.05) is 47.2 Å². The van der Waals surface area contributed by atoms with Gasteiger partial charge in [0.15, 0.2) is 0 Å². The molecule has 0 fully saturated rings. The highest BCUT2D eigenvalue weighted by Gasteiger charge is 2.42. The van der Waals surface area contributed by atoms with Crippen molar-refractivity contribution in [3.8, 4) is 0 Å². The quantitative estimate of drug-likeness (QED) is 0.349. The monoisotopic (exact) mass is 358 g/mol. The summed E-state index contributed by atoms with van der Waals surface area (Å²) >= 11 is 1.59. The fraction of sp³-hybridized carbons (Fsp3) is 1.00. The lowest BCUT2D eigenvalue weighted by atomic mass is 10.6. The zero-order valence-corrected chi connectivity index (χ0v) is 16.9. The van der Waals surface area contributed by atoms with Crippen LogP contribution in [-0.4, -0.2) is 63.7 Å². The summed E-state index contributed by atoms with van der Waals surface area (Å²) in [5, 5.41) is 0. The molecule has 0 radical (unpaired) electrons. The lowest BCUT2D eigenvalue weighted by molar-refractivity contribution is 0.0712. The third-order valence-corrected chi connectivity index (χ3v) is 11.4. The van der Waals surface area contributed by atoms with Crippen molar-refractivity contribution in [1.29, 1.82) is 0 Å². The molecular weight excluding hydrogens is 328 g/mol. The molecule has 0 aromatic heterocycles. The van der Waals surface area contributed by atoms with Crippen LogP contribution in [0.1, 0.15) is 27.2 Å². The van der Waals surface area contributed by atoms with Gasteiger partial charge in [-0.25, -0.2) is 0 Å². The molecule has 0 bridgehead atoms. The molecule has 0 saturated carbocycles. The van der Waals surface area contributed by atoms with E-state index in [0.29, 0.717) is 19.8 Å². The van der Waals surface area contributed by atoms with E-state index in [2.05, 4.69) is 0 Å². The first kappa shape index (κ1) is 21.5. The molecule has 0 amide bonds. The lowest BCUT2D eigenvalue weighted by Crippen LogP contribution is -2.46. The van der Waals surface area contributed by atoms with E-state index < -0.39 is 16.8 Å². The molecule has 6 nitrogen and oxygen atoms in total. The predicted molar refractivity (Wildman–Crippen MR) is 89.3 cm³/mol. The Labute approximate surface area is 135 Å². The Bertz CT molecular complexity index is 231. The van der Waals surface area contributed by atoms with Crippen LogP contribution in [0.4, 0.5) is 0 Å². The van der Waals surface area contributed by atoms with E-state index in [9.17, 15) is 0 Å². The average molecular weight is 359 g/mol. The van der Waals surface area contributed by atoms with Crippen LogP contribution in [0.3, 0.4) is 0 Å². The van der Waals surface area contributed by atoms with Crippen LogP contribution >= 0.6 is 11.2 Å². The van der Waals surface area contributed by atoms with Crippen molar-refractivity contribution in [2.24, 2.45) is 0 Å². The summed E-state index contributed by atoms with van der Waals surface area (Å²) in [6.07, 6.45) is 0.904. The maximum atomic E-state index is 5.82. The maximum Gasteiger partial charge on any atom is 0.572 e. The first-order chi connectivity index (χ1) is 10.1. The van der Waals surface area contributed by atoms with Crippen molar-refractivity contribution in [2.75, 3.05) is 46.9 Å². The largest absolute Gasteiger partial charge is 0.572 e. The summed E-state index contributed by atoms with van der Waals surface area (Å²) in [5.74, 6) is 0.851. The van der Waals surface area contributed by atoms with Crippen LogP contribution in [0, 0.1) is 0 Å². The summed E-state index contributed by atoms with van der Waals surface area (Å²) in [4.78, 5) is 0. The first-order valence-electron chi connectivity index (χ1n) is 7.28. The zero-order valence-electron chi connectivity index (χ0n) is 14.1. The topological polar surface area (TPSA) is 55.4 Å². The highest BCUT2D eigenvalue weighted by molar-refractivity contribution is 8.26. The normalized spacial score (nSPS) is 12.9. The second kappa shape index (κ2) is 12.0. The lowest BCUT2D eigenvalue weighted by Gasteiger charge is -2.29. The minimum Gasteiger partial charge on any atom is -0.374 e. The van der Waals surface area contributed by atoms with E-state index in [4.69, 9.17) is 26.6 Å². The van der Waals surface area contributed by atoms with E-state index in [0.717, 1.165) is 18.2 Å². The summed E-state index contributed by atoms with van der Waals surface area (Å²) in [6, 6.07) is 0.789. The Morgan fingerprint density at radius 1 is 0.762 bits per heavy atom. The van der Waals surface area contributed by atoms with E-state index in [1.807, 2.05) is 20.8 Å². The molecule has 0 aromatic rings. The van der Waals surface area contributed by atoms with Crippen LogP contribution in [0.5, 0.6) is 0 Å². The van der Waals surface area contributed by atoms with Crippen molar-refractivity contribution >= 4 is 28.0 Å². The third kappa shape index (κ3) is 7.57. The van der Waals surface area contributed by atoms with Crippen LogP contribution in [0.25, 0.3) is 0 Å². The molecule has 0 atom stereocenters. The molecule has 0 unspecified atom stereocenters. The molecule has 0 heterocycles. The number of hydrogen-bond acceptors (Lipinski definition) is 7. The molecule has 0 N–H and O–H groups in total. The Hall–Kier alpha value is 0.544. The van der Waals surface area contributed by atoms with Gasteiger partial charge >= 0.3 is 16.8 Å². The number of hydrogen-bond donors (Lipinski definition) is 0. The van der Waals surface area contributed by atoms with Crippen molar-refractivity contribution in [3.05, 3.63) is 0 Å². The molecule has 21 heavy (non-hydrogen) atoms. The number of rotatable bonds is 14. The van der Waals surface area contributed by atoms with Crippen molar-refractivity contribution in [1.82, 2.24) is 0 Å². The highest BCUT2D eigenvalue weighted by Crippen LogP contribution is 2.26. The second-order valence-electron chi connectivity index (χ2n) is 4.05. The third-order valence-electron chi connectivity index (χ3n) is 2.75. The van der Waals surface area contributed by atoms with Crippen molar-refractivity contribution in [3.63, 3.8) is 0 Å². The fourth-order valence-electron chi connectivity index (χ4n) is 1.91. The second-order valence-corrected chi connectivity index (χ2v) is 12.1. The Balaban J connectivity index is 4.41. The molecule has 0 spiro atoms. The van der Waals surface area contributed by atoms with Crippen molar-refractivity contribution < 1.29 is 26.6 Å². The molecule has 9 heteroatoms. The van der Waals surface area contributed by atoms with Gasteiger partial charge in [-0.05, 0) is 32.9 Å². The van der Waals surface area contributed by atoms with Gasteiger partial charge in [0.1, 0.15) is 0 Å². The fourth-order valence-corrected chi connectivity index (χ4v) is 8.42. The molecule has 0 aliphatic rings. The van der Waals surface area contributed by atoms with Gasteiger partial charge in [-0.3, -0.25) is 0 Å². The van der Waals surface area contributed by atoms with Gasteiger partial charge < -0.3 is 26.6 Å². The molecular formula is C12H30O6SSi2. The molecule has 128 valence electrons. The molecule has 0 aliphatic carbocycles. The Morgan fingerprint density at radius 3 is 1.52 bits per heavy atom. The van der Waals surface area contributed by atoms with Gasteiger partial charge in [0.2, 0.25) is 0 Å². The van der Waals surface area contributed by atoms with E-state index in [1.165, 1.54) is 0 Å². The summed E-state index contributed by atoms with van der Waals surface area (Å²) in [5.41, 5.74) is 0. The maximum absolute atomic E-state index is 5.82. The molecule has 0 rings (SSSR count). The first-order valence-corrected chi connectivity index (χ1v) is 12.7. The van der Waals surface area contributed by atoms with Crippen LogP contribution in [-0.2, 0) is 26.6 Å². The summed E-state index contributed by atoms with van der Waals surface area (Å²) < 4.78 is 33.6. The molecule has 0 aromatic carbocycles. The predicted octanol–water partition coefficient (Wildman–Crippen LogP) is 2.53. The molecule has 0 aliphatic heterocycles. The van der Waals surface area contributed by atoms with Gasteiger partial charge in [0.25, 0.3) is 0 Å². The minimum absolute atomic E-state index is 0.603. The Kier molecular flexibility index (Phi) is 12.3. The van der Waals surface area contributed by atoms with Crippen LogP contribution < -0.4 is 0 Å².